The van der Waals surface area contributed by atoms with Crippen LogP contribution in [0, 0.1) is 5.92 Å². The van der Waals surface area contributed by atoms with E-state index in [1.165, 1.54) is 57.9 Å². The highest BCUT2D eigenvalue weighted by molar-refractivity contribution is 5.14. The van der Waals surface area contributed by atoms with E-state index >= 15 is 0 Å². The van der Waals surface area contributed by atoms with Crippen LogP contribution in [0.1, 0.15) is 76.7 Å². The fraction of sp³-hybridized carbons (Fsp3) is 0.722. The monoisotopic (exact) mass is 260 g/mol. The van der Waals surface area contributed by atoms with Crippen molar-refractivity contribution in [3.8, 4) is 0 Å². The Morgan fingerprint density at radius 2 is 1.68 bits per heavy atom. The van der Waals surface area contributed by atoms with Crippen LogP contribution in [0.25, 0.3) is 0 Å². The van der Waals surface area contributed by atoms with Gasteiger partial charge in [0.15, 0.2) is 12.4 Å². The first-order valence-electron chi connectivity index (χ1n) is 8.28. The second-order valence-corrected chi connectivity index (χ2v) is 6.39. The molecule has 106 valence electrons. The van der Waals surface area contributed by atoms with E-state index < -0.39 is 0 Å². The van der Waals surface area contributed by atoms with Gasteiger partial charge < -0.3 is 0 Å². The predicted molar refractivity (Wildman–Crippen MR) is 81.2 cm³/mol. The van der Waals surface area contributed by atoms with E-state index in [0.717, 1.165) is 11.8 Å². The minimum absolute atomic E-state index is 0.825. The van der Waals surface area contributed by atoms with Gasteiger partial charge in [-0.3, -0.25) is 0 Å². The molecule has 1 aromatic heterocycles. The van der Waals surface area contributed by atoms with Gasteiger partial charge in [-0.05, 0) is 36.7 Å². The lowest BCUT2D eigenvalue weighted by Gasteiger charge is -2.25. The third-order valence-electron chi connectivity index (χ3n) is 4.67. The summed E-state index contributed by atoms with van der Waals surface area (Å²) >= 11 is 0. The molecular weight excluding hydrogens is 230 g/mol. The lowest BCUT2D eigenvalue weighted by atomic mass is 9.80. The van der Waals surface area contributed by atoms with Gasteiger partial charge in [-0.15, -0.1) is 0 Å². The Kier molecular flexibility index (Phi) is 5.88. The summed E-state index contributed by atoms with van der Waals surface area (Å²) in [5.74, 6) is 1.77. The molecule has 1 fully saturated rings. The lowest BCUT2D eigenvalue weighted by molar-refractivity contribution is -0.697. The quantitative estimate of drug-likeness (QED) is 0.508. The molecule has 1 nitrogen and oxygen atoms in total. The van der Waals surface area contributed by atoms with Crippen LogP contribution in [0.2, 0.25) is 0 Å². The summed E-state index contributed by atoms with van der Waals surface area (Å²) in [4.78, 5) is 0. The molecule has 0 spiro atoms. The van der Waals surface area contributed by atoms with Gasteiger partial charge in [-0.1, -0.05) is 39.5 Å². The molecule has 0 bridgehead atoms. The Morgan fingerprint density at radius 3 is 2.32 bits per heavy atom. The average molecular weight is 260 g/mol. The van der Waals surface area contributed by atoms with E-state index in [2.05, 4.69) is 42.9 Å². The number of hydrogen-bond donors (Lipinski definition) is 0. The molecule has 1 heteroatoms. The first-order chi connectivity index (χ1) is 9.29. The van der Waals surface area contributed by atoms with Crippen LogP contribution < -0.4 is 4.57 Å². The van der Waals surface area contributed by atoms with Crippen molar-refractivity contribution in [2.24, 2.45) is 5.92 Å². The van der Waals surface area contributed by atoms with Crippen LogP contribution in [0.4, 0.5) is 0 Å². The van der Waals surface area contributed by atoms with Crippen LogP contribution >= 0.6 is 0 Å². The molecule has 0 unspecified atom stereocenters. The molecule has 1 aromatic rings. The van der Waals surface area contributed by atoms with E-state index in [1.54, 1.807) is 5.56 Å². The standard InChI is InChI=1S/C18H30N/c1-3-4-5-6-13-19-14-11-18(12-15-19)17-9-7-16(2)8-10-17/h11-12,14-17H,3-10,13H2,1-2H3/q+1. The number of rotatable bonds is 6. The minimum Gasteiger partial charge on any atom is -0.205 e. The van der Waals surface area contributed by atoms with Gasteiger partial charge in [-0.25, -0.2) is 4.57 Å². The van der Waals surface area contributed by atoms with Crippen LogP contribution in [0.5, 0.6) is 0 Å². The van der Waals surface area contributed by atoms with Crippen molar-refractivity contribution in [3.63, 3.8) is 0 Å². The number of aromatic nitrogens is 1. The molecular formula is C18H30N+. The topological polar surface area (TPSA) is 3.88 Å². The van der Waals surface area contributed by atoms with E-state index in [-0.39, 0.29) is 0 Å². The zero-order chi connectivity index (χ0) is 13.5. The smallest absolute Gasteiger partial charge is 0.169 e. The normalized spacial score (nSPS) is 23.5. The molecule has 2 rings (SSSR count). The van der Waals surface area contributed by atoms with Crippen molar-refractivity contribution in [1.29, 1.82) is 0 Å². The molecule has 0 amide bonds. The van der Waals surface area contributed by atoms with E-state index in [1.807, 2.05) is 0 Å². The van der Waals surface area contributed by atoms with Gasteiger partial charge in [0.25, 0.3) is 0 Å². The highest BCUT2D eigenvalue weighted by atomic mass is 14.9. The zero-order valence-electron chi connectivity index (χ0n) is 12.8. The van der Waals surface area contributed by atoms with Crippen molar-refractivity contribution in [1.82, 2.24) is 0 Å². The maximum Gasteiger partial charge on any atom is 0.169 e. The molecule has 19 heavy (non-hydrogen) atoms. The van der Waals surface area contributed by atoms with E-state index in [4.69, 9.17) is 0 Å². The van der Waals surface area contributed by atoms with Crippen molar-refractivity contribution < 1.29 is 4.57 Å². The van der Waals surface area contributed by atoms with Crippen LogP contribution in [0.15, 0.2) is 24.5 Å². The van der Waals surface area contributed by atoms with Gasteiger partial charge in [0, 0.05) is 18.6 Å². The largest absolute Gasteiger partial charge is 0.205 e. The summed E-state index contributed by atoms with van der Waals surface area (Å²) in [6, 6.07) is 4.72. The van der Waals surface area contributed by atoms with Crippen molar-refractivity contribution in [3.05, 3.63) is 30.1 Å². The molecule has 0 radical (unpaired) electrons. The maximum atomic E-state index is 2.39. The number of unbranched alkanes of at least 4 members (excludes halogenated alkanes) is 3. The van der Waals surface area contributed by atoms with Gasteiger partial charge >= 0.3 is 0 Å². The van der Waals surface area contributed by atoms with Gasteiger partial charge in [-0.2, -0.15) is 0 Å². The van der Waals surface area contributed by atoms with Crippen molar-refractivity contribution in [2.45, 2.75) is 77.7 Å². The highest BCUT2D eigenvalue weighted by Crippen LogP contribution is 2.34. The number of hydrogen-bond acceptors (Lipinski definition) is 0. The first kappa shape index (κ1) is 14.6. The van der Waals surface area contributed by atoms with E-state index in [9.17, 15) is 0 Å². The Morgan fingerprint density at radius 1 is 1.00 bits per heavy atom. The van der Waals surface area contributed by atoms with Crippen LogP contribution in [-0.4, -0.2) is 0 Å². The lowest BCUT2D eigenvalue weighted by Crippen LogP contribution is -2.32. The molecule has 0 aromatic carbocycles. The SMILES string of the molecule is CCCCCC[n+]1ccc(C2CCC(C)CC2)cc1. The Labute approximate surface area is 119 Å². The Balaban J connectivity index is 1.81. The molecule has 1 aliphatic rings. The van der Waals surface area contributed by atoms with Gasteiger partial charge in [0.05, 0.1) is 0 Å². The second kappa shape index (κ2) is 7.67. The summed E-state index contributed by atoms with van der Waals surface area (Å²) in [7, 11) is 0. The Bertz CT molecular complexity index is 346. The molecule has 1 saturated carbocycles. The molecule has 0 saturated heterocycles. The summed E-state index contributed by atoms with van der Waals surface area (Å²) in [6.07, 6.45) is 15.6. The van der Waals surface area contributed by atoms with Gasteiger partial charge in [0.2, 0.25) is 0 Å². The van der Waals surface area contributed by atoms with Gasteiger partial charge in [0.1, 0.15) is 6.54 Å². The highest BCUT2D eigenvalue weighted by Gasteiger charge is 2.20. The molecule has 0 atom stereocenters. The second-order valence-electron chi connectivity index (χ2n) is 6.39. The maximum absolute atomic E-state index is 2.39. The number of nitrogens with zero attached hydrogens (tertiary/aromatic N) is 1. The molecule has 0 aliphatic heterocycles. The number of aryl methyl sites for hydroxylation is 1. The third kappa shape index (κ3) is 4.63. The van der Waals surface area contributed by atoms with Crippen molar-refractivity contribution in [2.75, 3.05) is 0 Å². The minimum atomic E-state index is 0.825. The zero-order valence-corrected chi connectivity index (χ0v) is 12.8. The fourth-order valence-corrected chi connectivity index (χ4v) is 3.20. The summed E-state index contributed by atoms with van der Waals surface area (Å²) in [6.45, 7) is 5.85. The fourth-order valence-electron chi connectivity index (χ4n) is 3.20. The summed E-state index contributed by atoms with van der Waals surface area (Å²) < 4.78 is 2.35. The molecule has 1 aliphatic carbocycles. The summed E-state index contributed by atoms with van der Waals surface area (Å²) in [5.41, 5.74) is 1.57. The van der Waals surface area contributed by atoms with Crippen LogP contribution in [0.3, 0.4) is 0 Å². The van der Waals surface area contributed by atoms with Crippen molar-refractivity contribution >= 4 is 0 Å². The molecule has 1 heterocycles. The first-order valence-corrected chi connectivity index (χ1v) is 8.28. The number of pyridine rings is 1. The summed E-state index contributed by atoms with van der Waals surface area (Å²) in [5, 5.41) is 0. The van der Waals surface area contributed by atoms with E-state index in [0.29, 0.717) is 0 Å². The van der Waals surface area contributed by atoms with Crippen LogP contribution in [-0.2, 0) is 6.54 Å². The average Bonchev–Trinajstić information content (AvgIpc) is 2.45. The Hall–Kier alpha value is -0.850. The molecule has 0 N–H and O–H groups in total. The predicted octanol–water partition coefficient (Wildman–Crippen LogP) is 4.85. The third-order valence-corrected chi connectivity index (χ3v) is 4.67.